The van der Waals surface area contributed by atoms with E-state index in [4.69, 9.17) is 13.7 Å². The van der Waals surface area contributed by atoms with Crippen LogP contribution in [0.1, 0.15) is 158 Å². The highest BCUT2D eigenvalue weighted by Crippen LogP contribution is 2.23. The molecule has 0 spiro atoms. The zero-order chi connectivity index (χ0) is 36.8. The second kappa shape index (κ2) is 28.9. The average molecular weight is 735 g/mol. The van der Waals surface area contributed by atoms with Gasteiger partial charge in [-0.1, -0.05) is 194 Å². The highest BCUT2D eigenvalue weighted by molar-refractivity contribution is 7.86. The fourth-order valence-electron chi connectivity index (χ4n) is 6.69. The molecule has 0 heterocycles. The number of unbranched alkanes of at least 4 members (excludes halogenated alkanes) is 18. The standard InChI is InChI=1S/C46H70O5S/c1-42-34-36-46(37-35-42)52(47,48)51-45(32-24-14-10-6-2-4-8-12-16-26-38-49-40-43-28-20-18-21-29-43)33-25-15-11-7-3-5-9-13-17-27-39-50-41-44-30-22-19-23-31-44/h18-23,28-31,34-37,45H,2-17,24-27,32-33,38-41H2,1H3. The van der Waals surface area contributed by atoms with E-state index in [1.165, 1.54) is 101 Å². The molecule has 0 radical (unpaired) electrons. The summed E-state index contributed by atoms with van der Waals surface area (Å²) in [5.74, 6) is 0. The Balaban J connectivity index is 1.18. The summed E-state index contributed by atoms with van der Waals surface area (Å²) in [6.45, 7) is 5.09. The monoisotopic (exact) mass is 734 g/mol. The Bertz CT molecular complexity index is 1280. The van der Waals surface area contributed by atoms with E-state index in [2.05, 4.69) is 48.5 Å². The van der Waals surface area contributed by atoms with Gasteiger partial charge in [-0.2, -0.15) is 8.42 Å². The van der Waals surface area contributed by atoms with Gasteiger partial charge in [0.2, 0.25) is 0 Å². The molecule has 3 rings (SSSR count). The first-order chi connectivity index (χ1) is 25.5. The Morgan fingerprint density at radius 3 is 1.17 bits per heavy atom. The normalized spacial score (nSPS) is 11.8. The summed E-state index contributed by atoms with van der Waals surface area (Å²) < 4.78 is 43.7. The van der Waals surface area contributed by atoms with Gasteiger partial charge in [0, 0.05) is 13.2 Å². The van der Waals surface area contributed by atoms with Crippen molar-refractivity contribution in [1.82, 2.24) is 0 Å². The number of ether oxygens (including phenoxy) is 2. The zero-order valence-corrected chi connectivity index (χ0v) is 33.3. The molecule has 0 aliphatic rings. The highest BCUT2D eigenvalue weighted by atomic mass is 32.2. The van der Waals surface area contributed by atoms with Crippen molar-refractivity contribution in [3.63, 3.8) is 0 Å². The Kier molecular flexibility index (Phi) is 24.4. The van der Waals surface area contributed by atoms with Crippen LogP contribution in [0.5, 0.6) is 0 Å². The van der Waals surface area contributed by atoms with Crippen LogP contribution in [-0.2, 0) is 37.0 Å². The van der Waals surface area contributed by atoms with Crippen LogP contribution in [0.2, 0.25) is 0 Å². The number of rotatable bonds is 33. The van der Waals surface area contributed by atoms with E-state index in [0.29, 0.717) is 13.2 Å². The van der Waals surface area contributed by atoms with Crippen molar-refractivity contribution in [2.75, 3.05) is 13.2 Å². The summed E-state index contributed by atoms with van der Waals surface area (Å²) in [4.78, 5) is 0.266. The maximum Gasteiger partial charge on any atom is 0.297 e. The highest BCUT2D eigenvalue weighted by Gasteiger charge is 2.21. The zero-order valence-electron chi connectivity index (χ0n) is 32.5. The molecule has 0 bridgehead atoms. The fraction of sp³-hybridized carbons (Fsp3) is 0.609. The number of hydrogen-bond donors (Lipinski definition) is 0. The molecular weight excluding hydrogens is 665 g/mol. The second-order valence-corrected chi connectivity index (χ2v) is 16.3. The van der Waals surface area contributed by atoms with Crippen LogP contribution >= 0.6 is 0 Å². The van der Waals surface area contributed by atoms with Gasteiger partial charge in [0.25, 0.3) is 10.1 Å². The molecule has 0 saturated carbocycles. The lowest BCUT2D eigenvalue weighted by Gasteiger charge is -2.18. The van der Waals surface area contributed by atoms with E-state index < -0.39 is 10.1 Å². The maximum atomic E-state index is 13.1. The molecule has 0 saturated heterocycles. The minimum atomic E-state index is -3.75. The topological polar surface area (TPSA) is 61.8 Å². The Morgan fingerprint density at radius 2 is 0.788 bits per heavy atom. The van der Waals surface area contributed by atoms with Crippen molar-refractivity contribution in [2.24, 2.45) is 0 Å². The molecule has 290 valence electrons. The molecule has 0 atom stereocenters. The number of aryl methyl sites for hydroxylation is 1. The van der Waals surface area contributed by atoms with E-state index in [1.54, 1.807) is 12.1 Å². The second-order valence-electron chi connectivity index (χ2n) is 14.7. The van der Waals surface area contributed by atoms with Gasteiger partial charge in [0.05, 0.1) is 24.2 Å². The van der Waals surface area contributed by atoms with Gasteiger partial charge in [0.15, 0.2) is 0 Å². The van der Waals surface area contributed by atoms with Gasteiger partial charge in [-0.15, -0.1) is 0 Å². The summed E-state index contributed by atoms with van der Waals surface area (Å²) in [7, 11) is -3.75. The molecular formula is C46H70O5S. The van der Waals surface area contributed by atoms with Crippen LogP contribution in [0.3, 0.4) is 0 Å². The molecule has 5 nitrogen and oxygen atoms in total. The predicted molar refractivity (Wildman–Crippen MR) is 217 cm³/mol. The quantitative estimate of drug-likeness (QED) is 0.0460. The predicted octanol–water partition coefficient (Wildman–Crippen LogP) is 13.1. The van der Waals surface area contributed by atoms with E-state index in [9.17, 15) is 8.42 Å². The van der Waals surface area contributed by atoms with Crippen molar-refractivity contribution < 1.29 is 22.1 Å². The van der Waals surface area contributed by atoms with Crippen LogP contribution in [0.15, 0.2) is 89.8 Å². The smallest absolute Gasteiger partial charge is 0.297 e. The van der Waals surface area contributed by atoms with Crippen molar-refractivity contribution in [3.05, 3.63) is 102 Å². The lowest BCUT2D eigenvalue weighted by Crippen LogP contribution is -2.19. The lowest BCUT2D eigenvalue weighted by atomic mass is 10.0. The third-order valence-electron chi connectivity index (χ3n) is 9.93. The summed E-state index contributed by atoms with van der Waals surface area (Å²) in [5.41, 5.74) is 3.53. The SMILES string of the molecule is Cc1ccc(S(=O)(=O)OC(CCCCCCCCCCCCOCc2ccccc2)CCCCCCCCCCCCOCc2ccccc2)cc1. The molecule has 3 aromatic carbocycles. The minimum Gasteiger partial charge on any atom is -0.377 e. The Labute approximate surface area is 318 Å². The summed E-state index contributed by atoms with van der Waals surface area (Å²) in [5, 5.41) is 0. The van der Waals surface area contributed by atoms with Crippen LogP contribution in [-0.4, -0.2) is 27.7 Å². The first-order valence-corrected chi connectivity index (χ1v) is 22.2. The van der Waals surface area contributed by atoms with Gasteiger partial charge in [-0.25, -0.2) is 0 Å². The van der Waals surface area contributed by atoms with Crippen molar-refractivity contribution >= 4 is 10.1 Å². The van der Waals surface area contributed by atoms with Gasteiger partial charge < -0.3 is 9.47 Å². The maximum absolute atomic E-state index is 13.1. The lowest BCUT2D eigenvalue weighted by molar-refractivity contribution is 0.116. The minimum absolute atomic E-state index is 0.236. The van der Waals surface area contributed by atoms with Gasteiger partial charge in [-0.05, 0) is 55.9 Å². The molecule has 0 aliphatic heterocycles. The van der Waals surface area contributed by atoms with Gasteiger partial charge >= 0.3 is 0 Å². The molecule has 0 amide bonds. The molecule has 52 heavy (non-hydrogen) atoms. The van der Waals surface area contributed by atoms with Crippen LogP contribution in [0, 0.1) is 6.92 Å². The molecule has 0 aliphatic carbocycles. The molecule has 6 heteroatoms. The van der Waals surface area contributed by atoms with E-state index >= 15 is 0 Å². The molecule has 0 N–H and O–H groups in total. The van der Waals surface area contributed by atoms with Crippen molar-refractivity contribution in [1.29, 1.82) is 0 Å². The average Bonchev–Trinajstić information content (AvgIpc) is 3.15. The molecule has 0 aromatic heterocycles. The van der Waals surface area contributed by atoms with E-state index in [-0.39, 0.29) is 11.0 Å². The van der Waals surface area contributed by atoms with Crippen molar-refractivity contribution in [2.45, 2.75) is 172 Å². The third kappa shape index (κ3) is 21.9. The molecule has 0 fully saturated rings. The third-order valence-corrected chi connectivity index (χ3v) is 11.3. The molecule has 3 aromatic rings. The Hall–Kier alpha value is -2.51. The summed E-state index contributed by atoms with van der Waals surface area (Å²) >= 11 is 0. The first kappa shape index (κ1) is 43.9. The Morgan fingerprint density at radius 1 is 0.442 bits per heavy atom. The van der Waals surface area contributed by atoms with Crippen LogP contribution in [0.25, 0.3) is 0 Å². The number of benzene rings is 3. The van der Waals surface area contributed by atoms with E-state index in [1.807, 2.05) is 31.2 Å². The fourth-order valence-corrected chi connectivity index (χ4v) is 7.82. The van der Waals surface area contributed by atoms with E-state index in [0.717, 1.165) is 70.1 Å². The summed E-state index contributed by atoms with van der Waals surface area (Å²) in [6.07, 6.45) is 25.8. The van der Waals surface area contributed by atoms with Gasteiger partial charge in [-0.3, -0.25) is 4.18 Å². The molecule has 0 unspecified atom stereocenters. The van der Waals surface area contributed by atoms with Crippen LogP contribution < -0.4 is 0 Å². The van der Waals surface area contributed by atoms with Crippen molar-refractivity contribution in [3.8, 4) is 0 Å². The largest absolute Gasteiger partial charge is 0.377 e. The summed E-state index contributed by atoms with van der Waals surface area (Å²) in [6, 6.07) is 27.8. The van der Waals surface area contributed by atoms with Gasteiger partial charge in [0.1, 0.15) is 0 Å². The van der Waals surface area contributed by atoms with Crippen LogP contribution in [0.4, 0.5) is 0 Å². The first-order valence-electron chi connectivity index (χ1n) is 20.8. The number of hydrogen-bond acceptors (Lipinski definition) is 5.